The fourth-order valence-corrected chi connectivity index (χ4v) is 4.54. The predicted molar refractivity (Wildman–Crippen MR) is 99.8 cm³/mol. The minimum atomic E-state index is -0.271. The molecule has 0 saturated heterocycles. The second-order valence-electron chi connectivity index (χ2n) is 5.66. The van der Waals surface area contributed by atoms with Gasteiger partial charge >= 0.3 is 0 Å². The number of hydrogen-bond acceptors (Lipinski definition) is 6. The molecule has 0 aliphatic heterocycles. The lowest BCUT2D eigenvalue weighted by molar-refractivity contribution is 0.103. The van der Waals surface area contributed by atoms with Crippen LogP contribution in [0.2, 0.25) is 5.02 Å². The number of carbonyl (C=O) groups excluding carboxylic acids is 1. The van der Waals surface area contributed by atoms with E-state index in [2.05, 4.69) is 29.4 Å². The van der Waals surface area contributed by atoms with Gasteiger partial charge in [-0.15, -0.1) is 21.5 Å². The number of hydrogen-bond donors (Lipinski definition) is 1. The summed E-state index contributed by atoms with van der Waals surface area (Å²) < 4.78 is 6.14. The molecule has 8 heteroatoms. The highest BCUT2D eigenvalue weighted by Gasteiger charge is 2.19. The van der Waals surface area contributed by atoms with Gasteiger partial charge in [0, 0.05) is 16.5 Å². The van der Waals surface area contributed by atoms with E-state index in [-0.39, 0.29) is 5.91 Å². The summed E-state index contributed by atoms with van der Waals surface area (Å²) in [6.07, 6.45) is 0.844. The standard InChI is InChI=1S/C16H16ClN3O2S2/c1-8(2)6-12-19-20-16(24-12)18-15(21)14-13(17)10-7-9(22-3)4-5-11(10)23-14/h4-5,7-8H,6H2,1-3H3,(H,18,20,21). The number of ether oxygens (including phenoxy) is 1. The zero-order valence-electron chi connectivity index (χ0n) is 13.4. The molecule has 0 aliphatic carbocycles. The number of rotatable bonds is 5. The molecule has 1 aromatic carbocycles. The number of halogens is 1. The molecule has 0 radical (unpaired) electrons. The van der Waals surface area contributed by atoms with Gasteiger partial charge in [0.25, 0.3) is 5.91 Å². The molecule has 1 N–H and O–H groups in total. The van der Waals surface area contributed by atoms with E-state index in [1.807, 2.05) is 18.2 Å². The lowest BCUT2D eigenvalue weighted by Crippen LogP contribution is -2.10. The Morgan fingerprint density at radius 2 is 2.12 bits per heavy atom. The van der Waals surface area contributed by atoms with E-state index in [9.17, 15) is 4.79 Å². The van der Waals surface area contributed by atoms with Gasteiger partial charge in [-0.2, -0.15) is 0 Å². The van der Waals surface area contributed by atoms with Gasteiger partial charge in [-0.05, 0) is 24.1 Å². The number of aromatic nitrogens is 2. The van der Waals surface area contributed by atoms with E-state index < -0.39 is 0 Å². The Morgan fingerprint density at radius 1 is 1.33 bits per heavy atom. The Morgan fingerprint density at radius 3 is 2.83 bits per heavy atom. The van der Waals surface area contributed by atoms with Crippen LogP contribution in [0.25, 0.3) is 10.1 Å². The van der Waals surface area contributed by atoms with Crippen molar-refractivity contribution in [3.63, 3.8) is 0 Å². The van der Waals surface area contributed by atoms with Gasteiger partial charge in [-0.3, -0.25) is 10.1 Å². The number of benzene rings is 1. The van der Waals surface area contributed by atoms with Crippen LogP contribution in [-0.2, 0) is 6.42 Å². The van der Waals surface area contributed by atoms with E-state index in [0.717, 1.165) is 21.5 Å². The Hall–Kier alpha value is -1.70. The van der Waals surface area contributed by atoms with Crippen LogP contribution >= 0.6 is 34.3 Å². The predicted octanol–water partition coefficient (Wildman–Crippen LogP) is 4.87. The van der Waals surface area contributed by atoms with Crippen molar-refractivity contribution >= 4 is 55.4 Å². The van der Waals surface area contributed by atoms with Gasteiger partial charge < -0.3 is 4.74 Å². The molecule has 0 saturated carbocycles. The third kappa shape index (κ3) is 3.53. The topological polar surface area (TPSA) is 64.1 Å². The molecule has 0 bridgehead atoms. The minimum absolute atomic E-state index is 0.271. The zero-order valence-corrected chi connectivity index (χ0v) is 15.8. The molecule has 0 atom stereocenters. The Bertz CT molecular complexity index is 889. The summed E-state index contributed by atoms with van der Waals surface area (Å²) in [6, 6.07) is 5.57. The van der Waals surface area contributed by atoms with Crippen molar-refractivity contribution in [3.8, 4) is 5.75 Å². The van der Waals surface area contributed by atoms with Crippen molar-refractivity contribution in [3.05, 3.63) is 33.1 Å². The van der Waals surface area contributed by atoms with Crippen LogP contribution in [0.15, 0.2) is 18.2 Å². The molecular formula is C16H16ClN3O2S2. The lowest BCUT2D eigenvalue weighted by atomic mass is 10.1. The highest BCUT2D eigenvalue weighted by Crippen LogP contribution is 2.37. The highest BCUT2D eigenvalue weighted by molar-refractivity contribution is 7.22. The van der Waals surface area contributed by atoms with Crippen LogP contribution in [0.3, 0.4) is 0 Å². The lowest BCUT2D eigenvalue weighted by Gasteiger charge is -1.99. The first-order valence-corrected chi connectivity index (χ1v) is 9.38. The minimum Gasteiger partial charge on any atom is -0.497 e. The molecule has 24 heavy (non-hydrogen) atoms. The van der Waals surface area contributed by atoms with Crippen molar-refractivity contribution in [2.45, 2.75) is 20.3 Å². The molecular weight excluding hydrogens is 366 g/mol. The van der Waals surface area contributed by atoms with Gasteiger partial charge in [0.05, 0.1) is 12.1 Å². The Kier molecular flexibility index (Phi) is 5.03. The number of nitrogens with zero attached hydrogens (tertiary/aromatic N) is 2. The summed E-state index contributed by atoms with van der Waals surface area (Å²) in [4.78, 5) is 13.0. The second-order valence-corrected chi connectivity index (χ2v) is 8.15. The molecule has 5 nitrogen and oxygen atoms in total. The molecule has 2 aromatic heterocycles. The quantitative estimate of drug-likeness (QED) is 0.685. The molecule has 2 heterocycles. The molecule has 0 fully saturated rings. The highest BCUT2D eigenvalue weighted by atomic mass is 35.5. The average molecular weight is 382 g/mol. The summed E-state index contributed by atoms with van der Waals surface area (Å²) in [5, 5.41) is 13.5. The number of amides is 1. The van der Waals surface area contributed by atoms with E-state index in [1.54, 1.807) is 7.11 Å². The van der Waals surface area contributed by atoms with Gasteiger partial charge in [0.1, 0.15) is 15.6 Å². The van der Waals surface area contributed by atoms with Crippen LogP contribution in [0, 0.1) is 5.92 Å². The van der Waals surface area contributed by atoms with Crippen molar-refractivity contribution in [1.29, 1.82) is 0 Å². The number of methoxy groups -OCH3 is 1. The number of fused-ring (bicyclic) bond motifs is 1. The van der Waals surface area contributed by atoms with Crippen molar-refractivity contribution < 1.29 is 9.53 Å². The molecule has 3 rings (SSSR count). The molecule has 0 aliphatic rings. The van der Waals surface area contributed by atoms with E-state index >= 15 is 0 Å². The molecule has 126 valence electrons. The normalized spacial score (nSPS) is 11.2. The summed E-state index contributed by atoms with van der Waals surface area (Å²) in [6.45, 7) is 4.23. The van der Waals surface area contributed by atoms with Crippen LogP contribution in [0.4, 0.5) is 5.13 Å². The average Bonchev–Trinajstić information content (AvgIpc) is 3.11. The maximum Gasteiger partial charge on any atom is 0.269 e. The monoisotopic (exact) mass is 381 g/mol. The van der Waals surface area contributed by atoms with Gasteiger partial charge in [0.15, 0.2) is 0 Å². The van der Waals surface area contributed by atoms with E-state index in [1.165, 1.54) is 22.7 Å². The van der Waals surface area contributed by atoms with Crippen molar-refractivity contribution in [1.82, 2.24) is 10.2 Å². The molecule has 3 aromatic rings. The van der Waals surface area contributed by atoms with Crippen LogP contribution in [0.5, 0.6) is 5.75 Å². The summed E-state index contributed by atoms with van der Waals surface area (Å²) in [5.41, 5.74) is 0. The number of nitrogens with one attached hydrogen (secondary N) is 1. The number of anilines is 1. The zero-order chi connectivity index (χ0) is 17.3. The third-order valence-electron chi connectivity index (χ3n) is 3.31. The summed E-state index contributed by atoms with van der Waals surface area (Å²) in [7, 11) is 1.60. The van der Waals surface area contributed by atoms with Gasteiger partial charge in [0.2, 0.25) is 5.13 Å². The SMILES string of the molecule is COc1ccc2sc(C(=O)Nc3nnc(CC(C)C)s3)c(Cl)c2c1. The Labute approximate surface area is 152 Å². The molecule has 1 amide bonds. The first kappa shape index (κ1) is 17.1. The first-order chi connectivity index (χ1) is 11.5. The van der Waals surface area contributed by atoms with Gasteiger partial charge in [-0.1, -0.05) is 36.8 Å². The summed E-state index contributed by atoms with van der Waals surface area (Å²) >= 11 is 9.12. The van der Waals surface area contributed by atoms with Crippen molar-refractivity contribution in [2.24, 2.45) is 5.92 Å². The Balaban J connectivity index is 1.83. The molecule has 0 spiro atoms. The third-order valence-corrected chi connectivity index (χ3v) is 5.85. The van der Waals surface area contributed by atoms with Crippen molar-refractivity contribution in [2.75, 3.05) is 12.4 Å². The smallest absolute Gasteiger partial charge is 0.269 e. The van der Waals surface area contributed by atoms with E-state index in [4.69, 9.17) is 16.3 Å². The van der Waals surface area contributed by atoms with Crippen LogP contribution in [-0.4, -0.2) is 23.2 Å². The first-order valence-electron chi connectivity index (χ1n) is 7.37. The largest absolute Gasteiger partial charge is 0.497 e. The maximum absolute atomic E-state index is 12.5. The summed E-state index contributed by atoms with van der Waals surface area (Å²) in [5.74, 6) is 0.928. The van der Waals surface area contributed by atoms with Gasteiger partial charge in [-0.25, -0.2) is 0 Å². The second kappa shape index (κ2) is 7.04. The van der Waals surface area contributed by atoms with Crippen LogP contribution in [0.1, 0.15) is 28.5 Å². The van der Waals surface area contributed by atoms with Crippen LogP contribution < -0.4 is 10.1 Å². The fraction of sp³-hybridized carbons (Fsp3) is 0.312. The molecule has 0 unspecified atom stereocenters. The number of thiophene rings is 1. The van der Waals surface area contributed by atoms with E-state index in [0.29, 0.717) is 26.7 Å². The maximum atomic E-state index is 12.5. The fourth-order valence-electron chi connectivity index (χ4n) is 2.21. The number of carbonyl (C=O) groups is 1.